The fraction of sp³-hybridized carbons (Fsp3) is 0.933. The van der Waals surface area contributed by atoms with Crippen LogP contribution < -0.4 is 11.1 Å². The summed E-state index contributed by atoms with van der Waals surface area (Å²) in [6.45, 7) is 3.16. The highest BCUT2D eigenvalue weighted by molar-refractivity contribution is 5.79. The van der Waals surface area contributed by atoms with Gasteiger partial charge < -0.3 is 11.1 Å². The highest BCUT2D eigenvalue weighted by Gasteiger charge is 2.31. The molecule has 0 saturated heterocycles. The largest absolute Gasteiger partial charge is 0.355 e. The van der Waals surface area contributed by atoms with E-state index in [1.165, 1.54) is 38.5 Å². The predicted octanol–water partition coefficient (Wildman–Crippen LogP) is 2.59. The Kier molecular flexibility index (Phi) is 4.66. The third kappa shape index (κ3) is 3.47. The summed E-state index contributed by atoms with van der Waals surface area (Å²) in [5, 5.41) is 3.17. The van der Waals surface area contributed by atoms with Crippen LogP contribution in [-0.4, -0.2) is 18.5 Å². The van der Waals surface area contributed by atoms with Gasteiger partial charge in [-0.25, -0.2) is 0 Å². The highest BCUT2D eigenvalue weighted by Crippen LogP contribution is 2.35. The number of carbonyl (C=O) groups is 1. The molecule has 2 aliphatic rings. The molecule has 2 aliphatic carbocycles. The minimum absolute atomic E-state index is 0.0611. The third-order valence-corrected chi connectivity index (χ3v) is 4.91. The van der Waals surface area contributed by atoms with Crippen LogP contribution in [0.5, 0.6) is 0 Å². The number of amides is 1. The summed E-state index contributed by atoms with van der Waals surface area (Å²) < 4.78 is 0. The molecule has 0 spiro atoms. The zero-order valence-electron chi connectivity index (χ0n) is 11.7. The molecule has 0 aromatic carbocycles. The Morgan fingerprint density at radius 1 is 1.17 bits per heavy atom. The molecule has 18 heavy (non-hydrogen) atoms. The van der Waals surface area contributed by atoms with Crippen molar-refractivity contribution in [1.82, 2.24) is 5.32 Å². The number of rotatable bonds is 3. The van der Waals surface area contributed by atoms with Gasteiger partial charge in [-0.15, -0.1) is 0 Å². The second kappa shape index (κ2) is 6.05. The molecule has 0 aromatic heterocycles. The van der Waals surface area contributed by atoms with Gasteiger partial charge in [0.15, 0.2) is 0 Å². The van der Waals surface area contributed by atoms with Crippen molar-refractivity contribution in [2.24, 2.45) is 17.1 Å². The summed E-state index contributed by atoms with van der Waals surface area (Å²) in [7, 11) is 0. The van der Waals surface area contributed by atoms with Gasteiger partial charge in [-0.3, -0.25) is 4.79 Å². The minimum Gasteiger partial charge on any atom is -0.355 e. The number of hydrogen-bond acceptors (Lipinski definition) is 2. The molecule has 0 aromatic rings. The Morgan fingerprint density at radius 2 is 1.83 bits per heavy atom. The Morgan fingerprint density at radius 3 is 2.50 bits per heavy atom. The number of hydrogen-bond donors (Lipinski definition) is 2. The maximum absolute atomic E-state index is 12.2. The molecule has 0 aliphatic heterocycles. The van der Waals surface area contributed by atoms with Crippen molar-refractivity contribution in [2.45, 2.75) is 70.8 Å². The summed E-state index contributed by atoms with van der Waals surface area (Å²) in [6, 6.07) is 0.0814. The third-order valence-electron chi connectivity index (χ3n) is 4.91. The normalized spacial score (nSPS) is 31.9. The van der Waals surface area contributed by atoms with E-state index in [1.807, 2.05) is 0 Å². The van der Waals surface area contributed by atoms with Crippen LogP contribution in [0.3, 0.4) is 0 Å². The van der Waals surface area contributed by atoms with Crippen molar-refractivity contribution >= 4 is 5.91 Å². The summed E-state index contributed by atoms with van der Waals surface area (Å²) >= 11 is 0. The molecule has 0 bridgehead atoms. The molecule has 1 amide bonds. The van der Waals surface area contributed by atoms with Crippen LogP contribution >= 0.6 is 0 Å². The van der Waals surface area contributed by atoms with Gasteiger partial charge >= 0.3 is 0 Å². The first-order valence-electron chi connectivity index (χ1n) is 7.64. The van der Waals surface area contributed by atoms with Crippen molar-refractivity contribution in [3.05, 3.63) is 0 Å². The van der Waals surface area contributed by atoms with Crippen LogP contribution in [0.1, 0.15) is 64.7 Å². The molecular formula is C15H28N2O. The molecule has 3 nitrogen and oxygen atoms in total. The first-order chi connectivity index (χ1) is 8.61. The van der Waals surface area contributed by atoms with E-state index in [2.05, 4.69) is 12.2 Å². The summed E-state index contributed by atoms with van der Waals surface area (Å²) in [5.41, 5.74) is 6.39. The van der Waals surface area contributed by atoms with Crippen molar-refractivity contribution in [2.75, 3.05) is 6.54 Å². The average Bonchev–Trinajstić information content (AvgIpc) is 2.38. The van der Waals surface area contributed by atoms with Gasteiger partial charge in [-0.05, 0) is 31.1 Å². The van der Waals surface area contributed by atoms with Crippen LogP contribution in [0.2, 0.25) is 0 Å². The van der Waals surface area contributed by atoms with Crippen molar-refractivity contribution < 1.29 is 4.79 Å². The van der Waals surface area contributed by atoms with E-state index < -0.39 is 0 Å². The monoisotopic (exact) mass is 252 g/mol. The van der Waals surface area contributed by atoms with E-state index in [1.54, 1.807) is 0 Å². The Balaban J connectivity index is 1.80. The molecule has 2 unspecified atom stereocenters. The topological polar surface area (TPSA) is 55.1 Å². The van der Waals surface area contributed by atoms with E-state index in [0.29, 0.717) is 5.41 Å². The molecule has 2 fully saturated rings. The SMILES string of the molecule is CC1(CNC(=O)C2CCCCC2N)CCCCC1. The number of nitrogens with two attached hydrogens (primary N) is 1. The first kappa shape index (κ1) is 13.9. The molecule has 0 heterocycles. The molecule has 0 radical (unpaired) electrons. The standard InChI is InChI=1S/C15H28N2O/c1-15(9-5-2-6-10-15)11-17-14(18)12-7-3-4-8-13(12)16/h12-13H,2-11,16H2,1H3,(H,17,18). The zero-order chi connectivity index (χ0) is 13.0. The summed E-state index contributed by atoms with van der Waals surface area (Å²) in [5.74, 6) is 0.264. The van der Waals surface area contributed by atoms with Crippen LogP contribution in [0, 0.1) is 11.3 Å². The van der Waals surface area contributed by atoms with Gasteiger partial charge in [0.2, 0.25) is 5.91 Å². The van der Waals surface area contributed by atoms with Gasteiger partial charge in [-0.1, -0.05) is 39.0 Å². The van der Waals surface area contributed by atoms with Crippen LogP contribution in [-0.2, 0) is 4.79 Å². The highest BCUT2D eigenvalue weighted by atomic mass is 16.1. The Bertz CT molecular complexity index is 284. The minimum atomic E-state index is 0.0611. The molecule has 104 valence electrons. The van der Waals surface area contributed by atoms with Crippen molar-refractivity contribution in [3.63, 3.8) is 0 Å². The van der Waals surface area contributed by atoms with Gasteiger partial charge in [-0.2, -0.15) is 0 Å². The van der Waals surface area contributed by atoms with Gasteiger partial charge in [0.1, 0.15) is 0 Å². The van der Waals surface area contributed by atoms with E-state index in [9.17, 15) is 4.79 Å². The molecule has 2 saturated carbocycles. The fourth-order valence-electron chi connectivity index (χ4n) is 3.50. The van der Waals surface area contributed by atoms with Gasteiger partial charge in [0.25, 0.3) is 0 Å². The van der Waals surface area contributed by atoms with Crippen molar-refractivity contribution in [3.8, 4) is 0 Å². The van der Waals surface area contributed by atoms with E-state index >= 15 is 0 Å². The summed E-state index contributed by atoms with van der Waals surface area (Å²) in [6.07, 6.45) is 10.8. The maximum atomic E-state index is 12.2. The lowest BCUT2D eigenvalue weighted by molar-refractivity contribution is -0.127. The van der Waals surface area contributed by atoms with Crippen molar-refractivity contribution in [1.29, 1.82) is 0 Å². The Labute approximate surface area is 111 Å². The number of nitrogens with one attached hydrogen (secondary N) is 1. The smallest absolute Gasteiger partial charge is 0.224 e. The van der Waals surface area contributed by atoms with E-state index in [-0.39, 0.29) is 17.9 Å². The molecule has 2 atom stereocenters. The first-order valence-corrected chi connectivity index (χ1v) is 7.64. The van der Waals surface area contributed by atoms with E-state index in [0.717, 1.165) is 25.8 Å². The average molecular weight is 252 g/mol. The zero-order valence-corrected chi connectivity index (χ0v) is 11.7. The second-order valence-corrected chi connectivity index (χ2v) is 6.64. The van der Waals surface area contributed by atoms with E-state index in [4.69, 9.17) is 5.73 Å². The van der Waals surface area contributed by atoms with Gasteiger partial charge in [0, 0.05) is 12.6 Å². The molecule has 3 N–H and O–H groups in total. The van der Waals surface area contributed by atoms with Crippen LogP contribution in [0.4, 0.5) is 0 Å². The predicted molar refractivity (Wildman–Crippen MR) is 74.1 cm³/mol. The maximum Gasteiger partial charge on any atom is 0.224 e. The van der Waals surface area contributed by atoms with Gasteiger partial charge in [0.05, 0.1) is 5.92 Å². The van der Waals surface area contributed by atoms with Crippen LogP contribution in [0.25, 0.3) is 0 Å². The Hall–Kier alpha value is -0.570. The van der Waals surface area contributed by atoms with Crippen LogP contribution in [0.15, 0.2) is 0 Å². The molecule has 2 rings (SSSR count). The second-order valence-electron chi connectivity index (χ2n) is 6.64. The molecule has 3 heteroatoms. The lowest BCUT2D eigenvalue weighted by atomic mass is 9.75. The number of carbonyl (C=O) groups excluding carboxylic acids is 1. The summed E-state index contributed by atoms with van der Waals surface area (Å²) in [4.78, 5) is 12.2. The lowest BCUT2D eigenvalue weighted by Crippen LogP contribution is -2.46. The quantitative estimate of drug-likeness (QED) is 0.811. The fourth-order valence-corrected chi connectivity index (χ4v) is 3.50. The molecular weight excluding hydrogens is 224 g/mol. The lowest BCUT2D eigenvalue weighted by Gasteiger charge is -2.35.